The van der Waals surface area contributed by atoms with Crippen molar-refractivity contribution in [3.63, 3.8) is 0 Å². The number of rotatable bonds is 3. The minimum absolute atomic E-state index is 0.0498. The summed E-state index contributed by atoms with van der Waals surface area (Å²) in [4.78, 5) is 0. The number of aliphatic hydroxyl groups excluding tert-OH is 1. The second kappa shape index (κ2) is 3.35. The second-order valence-corrected chi connectivity index (χ2v) is 3.83. The molecule has 0 aliphatic heterocycles. The van der Waals surface area contributed by atoms with Crippen LogP contribution in [0, 0.1) is 5.41 Å². The Morgan fingerprint density at radius 2 is 1.80 bits per heavy atom. The van der Waals surface area contributed by atoms with E-state index in [1.807, 2.05) is 6.92 Å². The molecule has 0 aliphatic rings. The molecule has 0 aromatic heterocycles. The monoisotopic (exact) mass is 145 g/mol. The van der Waals surface area contributed by atoms with Gasteiger partial charge in [0, 0.05) is 6.04 Å². The van der Waals surface area contributed by atoms with E-state index in [1.54, 1.807) is 6.92 Å². The molecular formula is C8H19NO. The summed E-state index contributed by atoms with van der Waals surface area (Å²) in [6.07, 6.45) is 0.519. The second-order valence-electron chi connectivity index (χ2n) is 3.83. The minimum atomic E-state index is -0.249. The molecule has 3 N–H and O–H groups in total. The van der Waals surface area contributed by atoms with Gasteiger partial charge in [-0.1, -0.05) is 13.8 Å². The Morgan fingerprint density at radius 3 is 1.90 bits per heavy atom. The quantitative estimate of drug-likeness (QED) is 0.625. The molecule has 10 heavy (non-hydrogen) atoms. The summed E-state index contributed by atoms with van der Waals surface area (Å²) in [5, 5.41) is 9.08. The van der Waals surface area contributed by atoms with Crippen LogP contribution < -0.4 is 5.73 Å². The zero-order valence-electron chi connectivity index (χ0n) is 7.39. The Bertz CT molecular complexity index is 97.4. The van der Waals surface area contributed by atoms with Gasteiger partial charge in [-0.2, -0.15) is 0 Å². The van der Waals surface area contributed by atoms with E-state index in [4.69, 9.17) is 10.8 Å². The maximum absolute atomic E-state index is 9.08. The lowest BCUT2D eigenvalue weighted by atomic mass is 9.81. The van der Waals surface area contributed by atoms with Crippen LogP contribution in [-0.4, -0.2) is 17.3 Å². The minimum Gasteiger partial charge on any atom is -0.393 e. The fourth-order valence-electron chi connectivity index (χ4n) is 0.947. The first-order chi connectivity index (χ1) is 4.36. The van der Waals surface area contributed by atoms with Crippen molar-refractivity contribution in [2.45, 2.75) is 46.3 Å². The average molecular weight is 145 g/mol. The van der Waals surface area contributed by atoms with Crippen molar-refractivity contribution >= 4 is 0 Å². The van der Waals surface area contributed by atoms with E-state index in [9.17, 15) is 0 Å². The van der Waals surface area contributed by atoms with Crippen molar-refractivity contribution in [2.24, 2.45) is 11.1 Å². The summed E-state index contributed by atoms with van der Waals surface area (Å²) >= 11 is 0. The molecule has 0 amide bonds. The molecule has 2 heteroatoms. The van der Waals surface area contributed by atoms with Crippen LogP contribution in [0.4, 0.5) is 0 Å². The average Bonchev–Trinajstić information content (AvgIpc) is 1.60. The standard InChI is InChI=1S/C8H19NO/c1-6(10)5-8(3,4)7(2)9/h6-7,10H,5,9H2,1-4H3/t6-,7+/m0/s1. The molecule has 0 rings (SSSR count). The summed E-state index contributed by atoms with van der Waals surface area (Å²) in [7, 11) is 0. The molecule has 0 spiro atoms. The Morgan fingerprint density at radius 1 is 1.40 bits per heavy atom. The lowest BCUT2D eigenvalue weighted by Crippen LogP contribution is -2.36. The highest BCUT2D eigenvalue weighted by atomic mass is 16.3. The first kappa shape index (κ1) is 9.92. The molecule has 0 fully saturated rings. The number of hydrogen-bond acceptors (Lipinski definition) is 2. The molecular weight excluding hydrogens is 126 g/mol. The topological polar surface area (TPSA) is 46.2 Å². The Kier molecular flexibility index (Phi) is 3.33. The van der Waals surface area contributed by atoms with Crippen LogP contribution in [0.15, 0.2) is 0 Å². The van der Waals surface area contributed by atoms with E-state index >= 15 is 0 Å². The van der Waals surface area contributed by atoms with Gasteiger partial charge < -0.3 is 10.8 Å². The summed E-state index contributed by atoms with van der Waals surface area (Å²) in [6, 6.07) is 0.141. The van der Waals surface area contributed by atoms with E-state index < -0.39 is 0 Å². The molecule has 2 nitrogen and oxygen atoms in total. The maximum Gasteiger partial charge on any atom is 0.0517 e. The van der Waals surface area contributed by atoms with Gasteiger partial charge >= 0.3 is 0 Å². The van der Waals surface area contributed by atoms with Gasteiger partial charge in [0.25, 0.3) is 0 Å². The smallest absolute Gasteiger partial charge is 0.0517 e. The SMILES string of the molecule is C[C@H](O)CC(C)(C)[C@@H](C)N. The van der Waals surface area contributed by atoms with E-state index in [-0.39, 0.29) is 17.6 Å². The zero-order chi connectivity index (χ0) is 8.36. The van der Waals surface area contributed by atoms with Crippen LogP contribution in [0.1, 0.15) is 34.1 Å². The molecule has 0 radical (unpaired) electrons. The highest BCUT2D eigenvalue weighted by Crippen LogP contribution is 2.24. The van der Waals surface area contributed by atoms with E-state index in [2.05, 4.69) is 13.8 Å². The molecule has 0 aromatic rings. The van der Waals surface area contributed by atoms with Crippen molar-refractivity contribution in [2.75, 3.05) is 0 Å². The molecule has 0 saturated heterocycles. The van der Waals surface area contributed by atoms with Gasteiger partial charge in [0.05, 0.1) is 6.10 Å². The third-order valence-corrected chi connectivity index (χ3v) is 2.05. The van der Waals surface area contributed by atoms with Gasteiger partial charge in [-0.15, -0.1) is 0 Å². The summed E-state index contributed by atoms with van der Waals surface area (Å²) in [5.74, 6) is 0. The molecule has 0 unspecified atom stereocenters. The van der Waals surface area contributed by atoms with Crippen molar-refractivity contribution in [1.29, 1.82) is 0 Å². The lowest BCUT2D eigenvalue weighted by molar-refractivity contribution is 0.117. The molecule has 0 aromatic carbocycles. The van der Waals surface area contributed by atoms with E-state index in [1.165, 1.54) is 0 Å². The van der Waals surface area contributed by atoms with Gasteiger partial charge in [0.1, 0.15) is 0 Å². The maximum atomic E-state index is 9.08. The third-order valence-electron chi connectivity index (χ3n) is 2.05. The van der Waals surface area contributed by atoms with Crippen LogP contribution in [0.5, 0.6) is 0 Å². The molecule has 2 atom stereocenters. The van der Waals surface area contributed by atoms with Crippen LogP contribution in [0.3, 0.4) is 0 Å². The van der Waals surface area contributed by atoms with E-state index in [0.717, 1.165) is 6.42 Å². The van der Waals surface area contributed by atoms with Crippen molar-refractivity contribution < 1.29 is 5.11 Å². The van der Waals surface area contributed by atoms with Crippen LogP contribution in [0.25, 0.3) is 0 Å². The molecule has 0 heterocycles. The predicted octanol–water partition coefficient (Wildman–Crippen LogP) is 1.13. The summed E-state index contributed by atoms with van der Waals surface area (Å²) in [5.41, 5.74) is 5.76. The molecule has 0 bridgehead atoms. The third kappa shape index (κ3) is 3.18. The Hall–Kier alpha value is -0.0800. The number of nitrogens with two attached hydrogens (primary N) is 1. The highest BCUT2D eigenvalue weighted by molar-refractivity contribution is 4.79. The van der Waals surface area contributed by atoms with E-state index in [0.29, 0.717) is 0 Å². The zero-order valence-corrected chi connectivity index (χ0v) is 7.39. The van der Waals surface area contributed by atoms with Crippen LogP contribution in [0.2, 0.25) is 0 Å². The lowest BCUT2D eigenvalue weighted by Gasteiger charge is -2.30. The molecule has 0 saturated carbocycles. The predicted molar refractivity (Wildman–Crippen MR) is 43.7 cm³/mol. The first-order valence-electron chi connectivity index (χ1n) is 3.80. The van der Waals surface area contributed by atoms with Gasteiger partial charge in [0.2, 0.25) is 0 Å². The van der Waals surface area contributed by atoms with Crippen molar-refractivity contribution in [3.05, 3.63) is 0 Å². The summed E-state index contributed by atoms with van der Waals surface area (Å²) in [6.45, 7) is 7.92. The fraction of sp³-hybridized carbons (Fsp3) is 1.00. The largest absolute Gasteiger partial charge is 0.393 e. The van der Waals surface area contributed by atoms with Gasteiger partial charge in [-0.3, -0.25) is 0 Å². The van der Waals surface area contributed by atoms with Crippen LogP contribution >= 0.6 is 0 Å². The first-order valence-corrected chi connectivity index (χ1v) is 3.80. The Balaban J connectivity index is 3.87. The fourth-order valence-corrected chi connectivity index (χ4v) is 0.947. The highest BCUT2D eigenvalue weighted by Gasteiger charge is 2.24. The number of aliphatic hydroxyl groups is 1. The van der Waals surface area contributed by atoms with Crippen LogP contribution in [-0.2, 0) is 0 Å². The normalized spacial score (nSPS) is 18.6. The van der Waals surface area contributed by atoms with Gasteiger partial charge in [0.15, 0.2) is 0 Å². The van der Waals surface area contributed by atoms with Gasteiger partial charge in [-0.25, -0.2) is 0 Å². The Labute approximate surface area is 63.4 Å². The van der Waals surface area contributed by atoms with Crippen molar-refractivity contribution in [3.8, 4) is 0 Å². The van der Waals surface area contributed by atoms with Gasteiger partial charge in [-0.05, 0) is 25.7 Å². The molecule has 62 valence electrons. The van der Waals surface area contributed by atoms with Crippen molar-refractivity contribution in [1.82, 2.24) is 0 Å². The molecule has 0 aliphatic carbocycles. The summed E-state index contributed by atoms with van der Waals surface area (Å²) < 4.78 is 0. The number of hydrogen-bond donors (Lipinski definition) is 2.